The Labute approximate surface area is 107 Å². The largest absolute Gasteiger partial charge is 0.399 e. The van der Waals surface area contributed by atoms with Crippen molar-refractivity contribution < 1.29 is 0 Å². The molecule has 0 saturated heterocycles. The van der Waals surface area contributed by atoms with Gasteiger partial charge in [0.05, 0.1) is 17.1 Å². The summed E-state index contributed by atoms with van der Waals surface area (Å²) < 4.78 is 0. The number of nitrogens with zero attached hydrogens (tertiary/aromatic N) is 1. The third-order valence-corrected chi connectivity index (χ3v) is 2.64. The van der Waals surface area contributed by atoms with E-state index in [1.807, 2.05) is 56.6 Å². The van der Waals surface area contributed by atoms with Crippen molar-refractivity contribution in [3.05, 3.63) is 48.5 Å². The number of benzene rings is 2. The molecular formula is C14H18N4. The van der Waals surface area contributed by atoms with E-state index in [2.05, 4.69) is 21.8 Å². The third kappa shape index (κ3) is 2.85. The van der Waals surface area contributed by atoms with E-state index in [9.17, 15) is 0 Å². The SMILES string of the molecule is CN(C)c1ccccc1NNc1ccc(N)cc1. The summed E-state index contributed by atoms with van der Waals surface area (Å²) in [6.07, 6.45) is 0. The van der Waals surface area contributed by atoms with Crippen molar-refractivity contribution in [1.82, 2.24) is 0 Å². The van der Waals surface area contributed by atoms with E-state index in [0.717, 1.165) is 22.7 Å². The summed E-state index contributed by atoms with van der Waals surface area (Å²) >= 11 is 0. The molecule has 0 bridgehead atoms. The average molecular weight is 242 g/mol. The minimum absolute atomic E-state index is 0.759. The van der Waals surface area contributed by atoms with Gasteiger partial charge in [0.25, 0.3) is 0 Å². The zero-order valence-electron chi connectivity index (χ0n) is 10.6. The number of nitrogens with two attached hydrogens (primary N) is 1. The molecule has 0 heterocycles. The number of hydrogen-bond acceptors (Lipinski definition) is 4. The molecule has 0 aliphatic carbocycles. The molecule has 0 aliphatic rings. The first kappa shape index (κ1) is 12.1. The van der Waals surface area contributed by atoms with Crippen LogP contribution in [0.15, 0.2) is 48.5 Å². The van der Waals surface area contributed by atoms with Crippen LogP contribution >= 0.6 is 0 Å². The van der Waals surface area contributed by atoms with Gasteiger partial charge in [-0.1, -0.05) is 12.1 Å². The van der Waals surface area contributed by atoms with Crippen LogP contribution in [0.25, 0.3) is 0 Å². The quantitative estimate of drug-likeness (QED) is 0.570. The topological polar surface area (TPSA) is 53.3 Å². The molecule has 0 fully saturated rings. The Bertz CT molecular complexity index is 505. The molecule has 94 valence electrons. The smallest absolute Gasteiger partial charge is 0.0773 e. The van der Waals surface area contributed by atoms with Crippen molar-refractivity contribution in [3.8, 4) is 0 Å². The standard InChI is InChI=1S/C14H18N4/c1-18(2)14-6-4-3-5-13(14)17-16-12-9-7-11(15)8-10-12/h3-10,16-17H,15H2,1-2H3. The van der Waals surface area contributed by atoms with Gasteiger partial charge >= 0.3 is 0 Å². The van der Waals surface area contributed by atoms with Gasteiger partial charge in [-0.25, -0.2) is 0 Å². The lowest BCUT2D eigenvalue weighted by molar-refractivity contribution is 1.13. The molecule has 0 aromatic heterocycles. The monoisotopic (exact) mass is 242 g/mol. The number of nitrogens with one attached hydrogen (secondary N) is 2. The van der Waals surface area contributed by atoms with Crippen molar-refractivity contribution in [3.63, 3.8) is 0 Å². The number of hydrogen-bond donors (Lipinski definition) is 3. The van der Waals surface area contributed by atoms with E-state index in [0.29, 0.717) is 0 Å². The third-order valence-electron chi connectivity index (χ3n) is 2.64. The zero-order chi connectivity index (χ0) is 13.0. The Morgan fingerprint density at radius 1 is 0.889 bits per heavy atom. The lowest BCUT2D eigenvalue weighted by atomic mass is 10.2. The van der Waals surface area contributed by atoms with E-state index in [1.165, 1.54) is 0 Å². The normalized spacial score (nSPS) is 9.89. The van der Waals surface area contributed by atoms with Crippen molar-refractivity contribution in [2.45, 2.75) is 0 Å². The molecule has 0 saturated carbocycles. The van der Waals surface area contributed by atoms with E-state index in [4.69, 9.17) is 5.73 Å². The molecule has 0 unspecified atom stereocenters. The maximum absolute atomic E-state index is 5.64. The highest BCUT2D eigenvalue weighted by Gasteiger charge is 2.02. The molecule has 2 aromatic carbocycles. The molecule has 0 spiro atoms. The Morgan fingerprint density at radius 2 is 1.56 bits per heavy atom. The number of anilines is 4. The number of nitrogen functional groups attached to an aromatic ring is 1. The molecule has 0 aliphatic heterocycles. The molecule has 4 nitrogen and oxygen atoms in total. The summed E-state index contributed by atoms with van der Waals surface area (Å²) in [5.74, 6) is 0. The van der Waals surface area contributed by atoms with E-state index in [-0.39, 0.29) is 0 Å². The number of para-hydroxylation sites is 2. The van der Waals surface area contributed by atoms with Gasteiger partial charge in [-0.2, -0.15) is 0 Å². The van der Waals surface area contributed by atoms with Crippen LogP contribution in [0.4, 0.5) is 22.7 Å². The summed E-state index contributed by atoms with van der Waals surface area (Å²) in [7, 11) is 4.04. The minimum Gasteiger partial charge on any atom is -0.399 e. The minimum atomic E-state index is 0.759. The van der Waals surface area contributed by atoms with Crippen LogP contribution in [-0.4, -0.2) is 14.1 Å². The molecule has 0 atom stereocenters. The van der Waals surface area contributed by atoms with E-state index < -0.39 is 0 Å². The van der Waals surface area contributed by atoms with Crippen LogP contribution in [-0.2, 0) is 0 Å². The molecule has 2 rings (SSSR count). The van der Waals surface area contributed by atoms with Crippen LogP contribution in [0.2, 0.25) is 0 Å². The number of hydrazine groups is 1. The van der Waals surface area contributed by atoms with E-state index >= 15 is 0 Å². The van der Waals surface area contributed by atoms with Crippen molar-refractivity contribution in [1.29, 1.82) is 0 Å². The predicted octanol–water partition coefficient (Wildman–Crippen LogP) is 2.77. The summed E-state index contributed by atoms with van der Waals surface area (Å²) in [5, 5.41) is 0. The second-order valence-corrected chi connectivity index (χ2v) is 4.28. The van der Waals surface area contributed by atoms with Crippen LogP contribution in [0, 0.1) is 0 Å². The molecule has 0 amide bonds. The van der Waals surface area contributed by atoms with Gasteiger partial charge in [0.15, 0.2) is 0 Å². The molecule has 18 heavy (non-hydrogen) atoms. The van der Waals surface area contributed by atoms with Crippen LogP contribution < -0.4 is 21.5 Å². The zero-order valence-corrected chi connectivity index (χ0v) is 10.6. The Balaban J connectivity index is 2.08. The van der Waals surface area contributed by atoms with Gasteiger partial charge in [0.2, 0.25) is 0 Å². The number of rotatable bonds is 4. The highest BCUT2D eigenvalue weighted by atomic mass is 15.4. The van der Waals surface area contributed by atoms with Crippen LogP contribution in [0.1, 0.15) is 0 Å². The van der Waals surface area contributed by atoms with Gasteiger partial charge in [-0.3, -0.25) is 5.43 Å². The van der Waals surface area contributed by atoms with Crippen molar-refractivity contribution >= 4 is 22.7 Å². The molecule has 4 heteroatoms. The highest BCUT2D eigenvalue weighted by Crippen LogP contribution is 2.23. The molecule has 2 aromatic rings. The second-order valence-electron chi connectivity index (χ2n) is 4.28. The summed E-state index contributed by atoms with van der Waals surface area (Å²) in [6, 6.07) is 15.7. The Kier molecular flexibility index (Phi) is 3.57. The fraction of sp³-hybridized carbons (Fsp3) is 0.143. The molecule has 4 N–H and O–H groups in total. The Morgan fingerprint density at radius 3 is 2.22 bits per heavy atom. The predicted molar refractivity (Wildman–Crippen MR) is 78.9 cm³/mol. The summed E-state index contributed by atoms with van der Waals surface area (Å²) in [6.45, 7) is 0. The summed E-state index contributed by atoms with van der Waals surface area (Å²) in [4.78, 5) is 2.06. The molecule has 0 radical (unpaired) electrons. The van der Waals surface area contributed by atoms with Gasteiger partial charge in [-0.15, -0.1) is 0 Å². The fourth-order valence-electron chi connectivity index (χ4n) is 1.68. The lowest BCUT2D eigenvalue weighted by Gasteiger charge is -2.19. The highest BCUT2D eigenvalue weighted by molar-refractivity contribution is 5.71. The second kappa shape index (κ2) is 5.31. The van der Waals surface area contributed by atoms with Gasteiger partial charge in [0.1, 0.15) is 0 Å². The fourth-order valence-corrected chi connectivity index (χ4v) is 1.68. The van der Waals surface area contributed by atoms with Crippen LogP contribution in [0.3, 0.4) is 0 Å². The van der Waals surface area contributed by atoms with Crippen LogP contribution in [0.5, 0.6) is 0 Å². The van der Waals surface area contributed by atoms with E-state index in [1.54, 1.807) is 0 Å². The first-order chi connectivity index (χ1) is 8.66. The van der Waals surface area contributed by atoms with Gasteiger partial charge in [-0.05, 0) is 36.4 Å². The maximum Gasteiger partial charge on any atom is 0.0773 e. The lowest BCUT2D eigenvalue weighted by Crippen LogP contribution is -2.15. The first-order valence-corrected chi connectivity index (χ1v) is 5.81. The molecular weight excluding hydrogens is 224 g/mol. The van der Waals surface area contributed by atoms with Crippen molar-refractivity contribution in [2.24, 2.45) is 0 Å². The first-order valence-electron chi connectivity index (χ1n) is 5.81. The van der Waals surface area contributed by atoms with Crippen molar-refractivity contribution in [2.75, 3.05) is 35.6 Å². The average Bonchev–Trinajstić information content (AvgIpc) is 2.38. The summed E-state index contributed by atoms with van der Waals surface area (Å²) in [5.41, 5.74) is 15.9. The Hall–Kier alpha value is -2.36. The maximum atomic E-state index is 5.64. The van der Waals surface area contributed by atoms with Gasteiger partial charge in [0, 0.05) is 19.8 Å². The van der Waals surface area contributed by atoms with Gasteiger partial charge < -0.3 is 16.1 Å².